The van der Waals surface area contributed by atoms with Crippen LogP contribution in [0.4, 0.5) is 10.8 Å². The molecule has 1 saturated carbocycles. The first kappa shape index (κ1) is 24.5. The summed E-state index contributed by atoms with van der Waals surface area (Å²) in [5.74, 6) is 1.57. The van der Waals surface area contributed by atoms with Gasteiger partial charge in [0.1, 0.15) is 5.75 Å². The molecule has 3 rings (SSSR count). The summed E-state index contributed by atoms with van der Waals surface area (Å²) in [6.07, 6.45) is 7.97. The second kappa shape index (κ2) is 12.8. The number of amides is 2. The minimum Gasteiger partial charge on any atom is -0.492 e. The third-order valence-corrected chi connectivity index (χ3v) is 7.58. The van der Waals surface area contributed by atoms with E-state index < -0.39 is 0 Å². The highest BCUT2D eigenvalue weighted by atomic mass is 32.2. The topological polar surface area (TPSA) is 93.2 Å². The Kier molecular flexibility index (Phi) is 9.80. The van der Waals surface area contributed by atoms with Gasteiger partial charge in [-0.05, 0) is 50.7 Å². The highest BCUT2D eigenvalue weighted by Gasteiger charge is 2.26. The van der Waals surface area contributed by atoms with Crippen LogP contribution in [0, 0.1) is 11.8 Å². The number of unbranched alkanes of at least 4 members (excludes halogenated alkanes) is 1. The van der Waals surface area contributed by atoms with Crippen LogP contribution in [0.5, 0.6) is 5.75 Å². The van der Waals surface area contributed by atoms with Crippen LogP contribution in [-0.2, 0) is 9.59 Å². The van der Waals surface area contributed by atoms with Crippen LogP contribution in [-0.4, -0.2) is 34.4 Å². The zero-order valence-corrected chi connectivity index (χ0v) is 20.4. The van der Waals surface area contributed by atoms with Gasteiger partial charge in [0, 0.05) is 5.92 Å². The summed E-state index contributed by atoms with van der Waals surface area (Å²) in [5.41, 5.74) is 0.648. The Morgan fingerprint density at radius 1 is 1.12 bits per heavy atom. The smallest absolute Gasteiger partial charge is 0.234 e. The van der Waals surface area contributed by atoms with Gasteiger partial charge in [0.05, 0.1) is 18.0 Å². The van der Waals surface area contributed by atoms with Gasteiger partial charge in [-0.1, -0.05) is 61.4 Å². The maximum Gasteiger partial charge on any atom is 0.234 e. The molecule has 1 aromatic heterocycles. The number of ether oxygens (including phenoxy) is 1. The lowest BCUT2D eigenvalue weighted by Gasteiger charge is -2.27. The fourth-order valence-electron chi connectivity index (χ4n) is 3.90. The number of thioether (sulfide) groups is 1. The van der Waals surface area contributed by atoms with Gasteiger partial charge in [-0.3, -0.25) is 9.59 Å². The number of carbonyl (C=O) groups excluding carboxylic acids is 2. The Bertz CT molecular complexity index is 882. The Balaban J connectivity index is 1.42. The van der Waals surface area contributed by atoms with E-state index in [1.54, 1.807) is 0 Å². The summed E-state index contributed by atoms with van der Waals surface area (Å²) in [4.78, 5) is 24.9. The monoisotopic (exact) mass is 476 g/mol. The van der Waals surface area contributed by atoms with Crippen molar-refractivity contribution in [3.05, 3.63) is 24.3 Å². The molecule has 2 N–H and O–H groups in total. The van der Waals surface area contributed by atoms with Crippen LogP contribution >= 0.6 is 23.1 Å². The first-order valence-electron chi connectivity index (χ1n) is 11.4. The van der Waals surface area contributed by atoms with Gasteiger partial charge in [0.15, 0.2) is 4.34 Å². The van der Waals surface area contributed by atoms with E-state index in [4.69, 9.17) is 4.74 Å². The van der Waals surface area contributed by atoms with Crippen LogP contribution in [0.25, 0.3) is 0 Å². The van der Waals surface area contributed by atoms with E-state index in [9.17, 15) is 9.59 Å². The fraction of sp³-hybridized carbons (Fsp3) is 0.565. The number of anilines is 2. The van der Waals surface area contributed by atoms with Crippen LogP contribution in [0.3, 0.4) is 0 Å². The molecule has 1 aliphatic rings. The van der Waals surface area contributed by atoms with E-state index in [0.29, 0.717) is 27.5 Å². The Morgan fingerprint density at radius 3 is 2.66 bits per heavy atom. The van der Waals surface area contributed by atoms with Crippen molar-refractivity contribution in [2.24, 2.45) is 11.8 Å². The lowest BCUT2D eigenvalue weighted by atomic mass is 9.79. The van der Waals surface area contributed by atoms with Gasteiger partial charge in [0.25, 0.3) is 0 Å². The van der Waals surface area contributed by atoms with Crippen molar-refractivity contribution in [2.75, 3.05) is 23.0 Å². The van der Waals surface area contributed by atoms with Gasteiger partial charge in [-0.15, -0.1) is 10.2 Å². The number of nitrogens with zero attached hydrogens (tertiary/aromatic N) is 2. The highest BCUT2D eigenvalue weighted by Crippen LogP contribution is 2.33. The SMILES string of the molecule is CCCCC1CCC(C(=O)Nc2nnc(SCC(=O)Nc3ccccc3OCC)s2)CC1. The predicted octanol–water partition coefficient (Wildman–Crippen LogP) is 5.60. The predicted molar refractivity (Wildman–Crippen MR) is 130 cm³/mol. The third-order valence-electron chi connectivity index (χ3n) is 5.61. The number of hydrogen-bond acceptors (Lipinski definition) is 7. The maximum absolute atomic E-state index is 12.6. The van der Waals surface area contributed by atoms with Gasteiger partial charge in [-0.2, -0.15) is 0 Å². The minimum atomic E-state index is -0.150. The second-order valence-electron chi connectivity index (χ2n) is 7.99. The lowest BCUT2D eigenvalue weighted by molar-refractivity contribution is -0.121. The molecule has 0 unspecified atom stereocenters. The van der Waals surface area contributed by atoms with E-state index in [0.717, 1.165) is 31.6 Å². The average Bonchev–Trinajstić information content (AvgIpc) is 3.25. The quantitative estimate of drug-likeness (QED) is 0.324. The first-order chi connectivity index (χ1) is 15.6. The number of rotatable bonds is 11. The molecule has 2 aromatic rings. The average molecular weight is 477 g/mol. The molecule has 1 aliphatic carbocycles. The largest absolute Gasteiger partial charge is 0.492 e. The molecule has 7 nitrogen and oxygen atoms in total. The molecule has 0 bridgehead atoms. The van der Waals surface area contributed by atoms with Crippen molar-refractivity contribution in [1.29, 1.82) is 0 Å². The molecule has 2 amide bonds. The van der Waals surface area contributed by atoms with Crippen molar-refractivity contribution < 1.29 is 14.3 Å². The number of para-hydroxylation sites is 2. The molecule has 0 spiro atoms. The molecular weight excluding hydrogens is 444 g/mol. The standard InChI is InChI=1S/C23H32N4O3S2/c1-3-5-8-16-11-13-17(14-12-16)21(29)25-22-26-27-23(32-22)31-15-20(28)24-18-9-6-7-10-19(18)30-4-2/h6-7,9-10,16-17H,3-5,8,11-15H2,1-2H3,(H,24,28)(H,25,26,29). The highest BCUT2D eigenvalue weighted by molar-refractivity contribution is 8.01. The zero-order valence-electron chi connectivity index (χ0n) is 18.8. The number of benzene rings is 1. The summed E-state index contributed by atoms with van der Waals surface area (Å²) in [5, 5.41) is 14.4. The fourth-order valence-corrected chi connectivity index (χ4v) is 5.45. The molecule has 0 aliphatic heterocycles. The normalized spacial score (nSPS) is 18.2. The van der Waals surface area contributed by atoms with Crippen molar-refractivity contribution in [3.63, 3.8) is 0 Å². The second-order valence-corrected chi connectivity index (χ2v) is 10.2. The maximum atomic E-state index is 12.6. The Labute approximate surface area is 198 Å². The van der Waals surface area contributed by atoms with Gasteiger partial charge < -0.3 is 15.4 Å². The molecule has 0 radical (unpaired) electrons. The number of carbonyl (C=O) groups is 2. The van der Waals surface area contributed by atoms with Crippen molar-refractivity contribution in [3.8, 4) is 5.75 Å². The van der Waals surface area contributed by atoms with Crippen LogP contribution in [0.1, 0.15) is 58.8 Å². The van der Waals surface area contributed by atoms with Crippen LogP contribution in [0.2, 0.25) is 0 Å². The first-order valence-corrected chi connectivity index (χ1v) is 13.2. The van der Waals surface area contributed by atoms with Crippen LogP contribution in [0.15, 0.2) is 28.6 Å². The molecule has 174 valence electrons. The summed E-state index contributed by atoms with van der Waals surface area (Å²) < 4.78 is 6.18. The number of aromatic nitrogens is 2. The molecule has 1 fully saturated rings. The molecular formula is C23H32N4O3S2. The Morgan fingerprint density at radius 2 is 1.91 bits per heavy atom. The third kappa shape index (κ3) is 7.48. The molecule has 1 aromatic carbocycles. The van der Waals surface area contributed by atoms with E-state index in [2.05, 4.69) is 27.8 Å². The van der Waals surface area contributed by atoms with Crippen molar-refractivity contribution >= 4 is 45.7 Å². The summed E-state index contributed by atoms with van der Waals surface area (Å²) >= 11 is 2.60. The summed E-state index contributed by atoms with van der Waals surface area (Å²) in [7, 11) is 0. The molecule has 9 heteroatoms. The summed E-state index contributed by atoms with van der Waals surface area (Å²) in [6.45, 7) is 4.65. The van der Waals surface area contributed by atoms with Gasteiger partial charge in [0.2, 0.25) is 16.9 Å². The molecule has 0 atom stereocenters. The lowest BCUT2D eigenvalue weighted by Crippen LogP contribution is -2.27. The summed E-state index contributed by atoms with van der Waals surface area (Å²) in [6, 6.07) is 7.35. The molecule has 1 heterocycles. The van der Waals surface area contributed by atoms with E-state index in [-0.39, 0.29) is 23.5 Å². The van der Waals surface area contributed by atoms with E-state index in [1.165, 1.54) is 42.4 Å². The molecule has 0 saturated heterocycles. The Hall–Kier alpha value is -2.13. The van der Waals surface area contributed by atoms with Gasteiger partial charge in [-0.25, -0.2) is 0 Å². The van der Waals surface area contributed by atoms with Crippen molar-refractivity contribution in [2.45, 2.75) is 63.1 Å². The molecule has 32 heavy (non-hydrogen) atoms. The zero-order chi connectivity index (χ0) is 22.8. The van der Waals surface area contributed by atoms with Gasteiger partial charge >= 0.3 is 0 Å². The number of hydrogen-bond donors (Lipinski definition) is 2. The minimum absolute atomic E-state index is 0.0388. The number of nitrogens with one attached hydrogen (secondary N) is 2. The van der Waals surface area contributed by atoms with E-state index >= 15 is 0 Å². The van der Waals surface area contributed by atoms with Crippen molar-refractivity contribution in [1.82, 2.24) is 10.2 Å². The van der Waals surface area contributed by atoms with Crippen LogP contribution < -0.4 is 15.4 Å². The van der Waals surface area contributed by atoms with E-state index in [1.807, 2.05) is 31.2 Å².